The van der Waals surface area contributed by atoms with Crippen LogP contribution in [0.1, 0.15) is 32.6 Å². The van der Waals surface area contributed by atoms with E-state index < -0.39 is 5.79 Å². The highest BCUT2D eigenvalue weighted by Gasteiger charge is 2.47. The van der Waals surface area contributed by atoms with Gasteiger partial charge in [0, 0.05) is 12.8 Å². The Morgan fingerprint density at radius 1 is 1.45 bits per heavy atom. The lowest BCUT2D eigenvalue weighted by Gasteiger charge is -2.19. The van der Waals surface area contributed by atoms with Crippen molar-refractivity contribution in [1.82, 2.24) is 0 Å². The van der Waals surface area contributed by atoms with Crippen LogP contribution in [0.3, 0.4) is 0 Å². The van der Waals surface area contributed by atoms with Gasteiger partial charge in [-0.3, -0.25) is 0 Å². The van der Waals surface area contributed by atoms with Crippen molar-refractivity contribution in [2.45, 2.75) is 44.5 Å². The topological polar surface area (TPSA) is 35.5 Å². The first-order chi connectivity index (χ1) is 5.22. The molecule has 0 amide bonds. The Morgan fingerprint density at radius 3 is 2.55 bits per heavy atom. The lowest BCUT2D eigenvalue weighted by atomic mass is 10.2. The fraction of sp³-hybridized carbons (Fsp3) is 0.875. The molecule has 0 bridgehead atoms. The Hall–Kier alpha value is -0.570. The molecule has 2 rings (SSSR count). The molecular formula is C8H12O3. The zero-order valence-corrected chi connectivity index (χ0v) is 6.63. The van der Waals surface area contributed by atoms with Gasteiger partial charge in [0.25, 0.3) is 0 Å². The van der Waals surface area contributed by atoms with Gasteiger partial charge in [-0.2, -0.15) is 0 Å². The summed E-state index contributed by atoms with van der Waals surface area (Å²) in [5, 5.41) is 0. The third-order valence-corrected chi connectivity index (χ3v) is 2.38. The van der Waals surface area contributed by atoms with Crippen LogP contribution >= 0.6 is 0 Å². The zero-order chi connectivity index (χ0) is 7.90. The molecule has 1 saturated heterocycles. The van der Waals surface area contributed by atoms with Crippen LogP contribution in [0.4, 0.5) is 0 Å². The molecule has 3 nitrogen and oxygen atoms in total. The van der Waals surface area contributed by atoms with Gasteiger partial charge in [-0.05, 0) is 19.8 Å². The van der Waals surface area contributed by atoms with E-state index in [0.717, 1.165) is 25.7 Å². The monoisotopic (exact) mass is 156 g/mol. The summed E-state index contributed by atoms with van der Waals surface area (Å²) in [5.74, 6) is -0.719. The predicted octanol–water partition coefficient (Wildman–Crippen LogP) is 1.22. The maximum absolute atomic E-state index is 11.0. The molecule has 1 heterocycles. The summed E-state index contributed by atoms with van der Waals surface area (Å²) < 4.78 is 10.6. The third kappa shape index (κ3) is 1.03. The van der Waals surface area contributed by atoms with Gasteiger partial charge in [-0.25, -0.2) is 4.79 Å². The first-order valence-corrected chi connectivity index (χ1v) is 4.13. The highest BCUT2D eigenvalue weighted by molar-refractivity contribution is 5.76. The Bertz CT molecular complexity index is 182. The maximum atomic E-state index is 11.0. The van der Waals surface area contributed by atoms with Crippen LogP contribution in [-0.2, 0) is 14.3 Å². The third-order valence-electron chi connectivity index (χ3n) is 2.38. The largest absolute Gasteiger partial charge is 0.431 e. The van der Waals surface area contributed by atoms with Crippen molar-refractivity contribution in [2.75, 3.05) is 0 Å². The minimum atomic E-state index is -0.517. The lowest BCUT2D eigenvalue weighted by Crippen LogP contribution is -2.26. The molecule has 1 spiro atoms. The van der Waals surface area contributed by atoms with Crippen LogP contribution in [-0.4, -0.2) is 17.9 Å². The van der Waals surface area contributed by atoms with E-state index in [1.165, 1.54) is 0 Å². The number of hydrogen-bond acceptors (Lipinski definition) is 3. The van der Waals surface area contributed by atoms with Crippen LogP contribution in [0.2, 0.25) is 0 Å². The van der Waals surface area contributed by atoms with Gasteiger partial charge < -0.3 is 9.47 Å². The Morgan fingerprint density at radius 2 is 2.09 bits per heavy atom. The fourth-order valence-corrected chi connectivity index (χ4v) is 1.79. The Balaban J connectivity index is 2.12. The number of hydrogen-bond donors (Lipinski definition) is 0. The summed E-state index contributed by atoms with van der Waals surface area (Å²) in [4.78, 5) is 11.0. The molecule has 0 N–H and O–H groups in total. The molecule has 0 aromatic rings. The smallest absolute Gasteiger partial charge is 0.337 e. The van der Waals surface area contributed by atoms with E-state index in [2.05, 4.69) is 0 Å². The molecule has 2 aliphatic rings. The maximum Gasteiger partial charge on any atom is 0.337 e. The number of rotatable bonds is 0. The van der Waals surface area contributed by atoms with Gasteiger partial charge in [0.2, 0.25) is 5.79 Å². The molecule has 2 fully saturated rings. The quantitative estimate of drug-likeness (QED) is 0.495. The van der Waals surface area contributed by atoms with Crippen molar-refractivity contribution in [3.05, 3.63) is 0 Å². The number of ether oxygens (including phenoxy) is 2. The van der Waals surface area contributed by atoms with Gasteiger partial charge in [0.1, 0.15) is 0 Å². The lowest BCUT2D eigenvalue weighted by molar-refractivity contribution is -0.172. The molecule has 0 unspecified atom stereocenters. The van der Waals surface area contributed by atoms with E-state index in [1.54, 1.807) is 6.92 Å². The second-order valence-corrected chi connectivity index (χ2v) is 3.30. The number of esters is 1. The molecule has 11 heavy (non-hydrogen) atoms. The molecular weight excluding hydrogens is 144 g/mol. The van der Waals surface area contributed by atoms with E-state index >= 15 is 0 Å². The van der Waals surface area contributed by atoms with Gasteiger partial charge in [0.15, 0.2) is 6.10 Å². The first kappa shape index (κ1) is 7.10. The molecule has 1 saturated carbocycles. The van der Waals surface area contributed by atoms with Crippen LogP contribution in [0.25, 0.3) is 0 Å². The summed E-state index contributed by atoms with van der Waals surface area (Å²) in [6.45, 7) is 1.75. The van der Waals surface area contributed by atoms with Crippen molar-refractivity contribution >= 4 is 5.97 Å². The molecule has 1 atom stereocenters. The second kappa shape index (κ2) is 2.21. The van der Waals surface area contributed by atoms with Gasteiger partial charge in [-0.1, -0.05) is 0 Å². The van der Waals surface area contributed by atoms with Crippen LogP contribution in [0.5, 0.6) is 0 Å². The minimum Gasteiger partial charge on any atom is -0.431 e. The molecule has 3 heteroatoms. The van der Waals surface area contributed by atoms with Crippen LogP contribution < -0.4 is 0 Å². The summed E-state index contributed by atoms with van der Waals surface area (Å²) in [6.07, 6.45) is 3.62. The summed E-state index contributed by atoms with van der Waals surface area (Å²) in [7, 11) is 0. The molecule has 0 aromatic carbocycles. The van der Waals surface area contributed by atoms with Crippen molar-refractivity contribution in [2.24, 2.45) is 0 Å². The van der Waals surface area contributed by atoms with Gasteiger partial charge in [-0.15, -0.1) is 0 Å². The highest BCUT2D eigenvalue weighted by Crippen LogP contribution is 2.39. The molecule has 0 radical (unpaired) electrons. The predicted molar refractivity (Wildman–Crippen MR) is 37.8 cm³/mol. The van der Waals surface area contributed by atoms with Crippen molar-refractivity contribution in [3.8, 4) is 0 Å². The average Bonchev–Trinajstić information content (AvgIpc) is 2.46. The first-order valence-electron chi connectivity index (χ1n) is 4.13. The van der Waals surface area contributed by atoms with E-state index in [1.807, 2.05) is 0 Å². The summed E-state index contributed by atoms with van der Waals surface area (Å²) in [5.41, 5.74) is 0. The van der Waals surface area contributed by atoms with Crippen molar-refractivity contribution in [1.29, 1.82) is 0 Å². The molecule has 0 aromatic heterocycles. The Kier molecular flexibility index (Phi) is 1.42. The van der Waals surface area contributed by atoms with Gasteiger partial charge in [0.05, 0.1) is 0 Å². The van der Waals surface area contributed by atoms with Crippen molar-refractivity contribution in [3.63, 3.8) is 0 Å². The Labute approximate surface area is 65.7 Å². The van der Waals surface area contributed by atoms with Gasteiger partial charge >= 0.3 is 5.97 Å². The number of carbonyl (C=O) groups excluding carboxylic acids is 1. The molecule has 1 aliphatic carbocycles. The average molecular weight is 156 g/mol. The second-order valence-electron chi connectivity index (χ2n) is 3.30. The highest BCUT2D eigenvalue weighted by atomic mass is 16.8. The standard InChI is InChI=1S/C8H12O3/c1-6-7(9)11-8(10-6)4-2-3-5-8/h6H,2-5H2,1H3/t6-/m1/s1. The number of carbonyl (C=O) groups is 1. The normalized spacial score (nSPS) is 34.6. The van der Waals surface area contributed by atoms with Crippen LogP contribution in [0, 0.1) is 0 Å². The van der Waals surface area contributed by atoms with E-state index in [4.69, 9.17) is 9.47 Å². The minimum absolute atomic E-state index is 0.202. The summed E-state index contributed by atoms with van der Waals surface area (Å²) >= 11 is 0. The van der Waals surface area contributed by atoms with Crippen molar-refractivity contribution < 1.29 is 14.3 Å². The van der Waals surface area contributed by atoms with E-state index in [9.17, 15) is 4.79 Å². The zero-order valence-electron chi connectivity index (χ0n) is 6.63. The SMILES string of the molecule is C[C@H]1OC2(CCCC2)OC1=O. The summed E-state index contributed by atoms with van der Waals surface area (Å²) in [6, 6.07) is 0. The van der Waals surface area contributed by atoms with E-state index in [0.29, 0.717) is 0 Å². The van der Waals surface area contributed by atoms with Crippen LogP contribution in [0.15, 0.2) is 0 Å². The van der Waals surface area contributed by atoms with E-state index in [-0.39, 0.29) is 12.1 Å². The fourth-order valence-electron chi connectivity index (χ4n) is 1.79. The molecule has 62 valence electrons. The molecule has 1 aliphatic heterocycles.